The molecule has 3 bridgehead atoms. The lowest BCUT2D eigenvalue weighted by Crippen LogP contribution is -2.59. The minimum atomic E-state index is -0.257. The van der Waals surface area contributed by atoms with Gasteiger partial charge in [-0.05, 0) is 96.6 Å². The molecular formula is C34H41N3O4. The number of anilines is 1. The zero-order valence-electron chi connectivity index (χ0n) is 24.9. The summed E-state index contributed by atoms with van der Waals surface area (Å²) >= 11 is 0. The molecule has 1 atom stereocenters. The summed E-state index contributed by atoms with van der Waals surface area (Å²) in [6, 6.07) is 13.0. The van der Waals surface area contributed by atoms with Crippen LogP contribution in [0.25, 0.3) is 11.3 Å². The number of hydrogen-bond donors (Lipinski definition) is 2. The van der Waals surface area contributed by atoms with E-state index in [1.165, 1.54) is 44.9 Å². The molecule has 7 rings (SSSR count). The second-order valence-electron chi connectivity index (χ2n) is 13.9. The summed E-state index contributed by atoms with van der Waals surface area (Å²) in [4.78, 5) is 26.4. The Bertz CT molecular complexity index is 1490. The second-order valence-corrected chi connectivity index (χ2v) is 13.9. The highest BCUT2D eigenvalue weighted by molar-refractivity contribution is 6.06. The minimum absolute atomic E-state index is 0.107. The zero-order valence-corrected chi connectivity index (χ0v) is 24.9. The van der Waals surface area contributed by atoms with Gasteiger partial charge >= 0.3 is 0 Å². The van der Waals surface area contributed by atoms with Crippen molar-refractivity contribution in [2.45, 2.75) is 78.1 Å². The molecule has 4 fully saturated rings. The molecule has 7 heteroatoms. The highest BCUT2D eigenvalue weighted by Gasteiger charge is 2.60. The largest absolute Gasteiger partial charge is 0.496 e. The van der Waals surface area contributed by atoms with Gasteiger partial charge in [0.15, 0.2) is 0 Å². The van der Waals surface area contributed by atoms with Crippen molar-refractivity contribution in [2.75, 3.05) is 19.0 Å². The van der Waals surface area contributed by atoms with Crippen molar-refractivity contribution >= 4 is 17.5 Å². The maximum absolute atomic E-state index is 13.3. The Balaban J connectivity index is 1.14. The van der Waals surface area contributed by atoms with Gasteiger partial charge in [-0.15, -0.1) is 0 Å². The third kappa shape index (κ3) is 5.27. The topological polar surface area (TPSA) is 93.5 Å². The molecule has 0 radical (unpaired) electrons. The van der Waals surface area contributed by atoms with Crippen LogP contribution in [0, 0.1) is 23.7 Å². The van der Waals surface area contributed by atoms with Crippen LogP contribution in [0.4, 0.5) is 5.69 Å². The van der Waals surface area contributed by atoms with Crippen molar-refractivity contribution < 1.29 is 18.8 Å². The summed E-state index contributed by atoms with van der Waals surface area (Å²) in [5.41, 5.74) is 5.17. The Morgan fingerprint density at radius 2 is 1.88 bits per heavy atom. The van der Waals surface area contributed by atoms with E-state index in [2.05, 4.69) is 36.6 Å². The number of benzene rings is 2. The molecule has 41 heavy (non-hydrogen) atoms. The molecule has 4 saturated carbocycles. The normalized spacial score (nSPS) is 24.8. The van der Waals surface area contributed by atoms with Gasteiger partial charge in [-0.1, -0.05) is 50.9 Å². The Morgan fingerprint density at radius 3 is 2.61 bits per heavy atom. The van der Waals surface area contributed by atoms with Crippen LogP contribution in [0.5, 0.6) is 5.75 Å². The monoisotopic (exact) mass is 555 g/mol. The maximum Gasteiger partial charge on any atom is 0.289 e. The van der Waals surface area contributed by atoms with Crippen molar-refractivity contribution in [1.82, 2.24) is 10.5 Å². The minimum Gasteiger partial charge on any atom is -0.496 e. The lowest BCUT2D eigenvalue weighted by molar-refractivity contribution is -0.142. The lowest BCUT2D eigenvalue weighted by atomic mass is 9.40. The van der Waals surface area contributed by atoms with Crippen LogP contribution in [0.3, 0.4) is 0 Å². The predicted octanol–water partition coefficient (Wildman–Crippen LogP) is 7.30. The van der Waals surface area contributed by atoms with E-state index in [1.807, 2.05) is 43.3 Å². The summed E-state index contributed by atoms with van der Waals surface area (Å²) in [6.45, 7) is 9.00. The number of ether oxygens (including phenoxy) is 1. The van der Waals surface area contributed by atoms with Crippen molar-refractivity contribution in [3.8, 4) is 17.0 Å². The van der Waals surface area contributed by atoms with Gasteiger partial charge in [0.2, 0.25) is 5.76 Å². The van der Waals surface area contributed by atoms with Gasteiger partial charge in [0.25, 0.3) is 11.8 Å². The van der Waals surface area contributed by atoms with Crippen LogP contribution in [0.2, 0.25) is 0 Å². The van der Waals surface area contributed by atoms with Crippen LogP contribution in [-0.2, 0) is 5.41 Å². The van der Waals surface area contributed by atoms with Crippen molar-refractivity contribution in [1.29, 1.82) is 0 Å². The molecule has 4 aliphatic rings. The van der Waals surface area contributed by atoms with Crippen molar-refractivity contribution in [2.24, 2.45) is 16.7 Å². The number of amides is 2. The summed E-state index contributed by atoms with van der Waals surface area (Å²) < 4.78 is 11.0. The molecule has 2 N–H and O–H groups in total. The highest BCUT2D eigenvalue weighted by atomic mass is 16.5. The van der Waals surface area contributed by atoms with Gasteiger partial charge in [-0.2, -0.15) is 0 Å². The van der Waals surface area contributed by atoms with E-state index in [-0.39, 0.29) is 28.4 Å². The fraction of sp³-hybridized carbons (Fsp3) is 0.500. The average Bonchev–Trinajstić information content (AvgIpc) is 3.41. The van der Waals surface area contributed by atoms with Crippen LogP contribution >= 0.6 is 0 Å². The molecule has 1 spiro atoms. The van der Waals surface area contributed by atoms with Crippen molar-refractivity contribution in [3.05, 3.63) is 64.9 Å². The predicted molar refractivity (Wildman–Crippen MR) is 159 cm³/mol. The summed E-state index contributed by atoms with van der Waals surface area (Å²) in [6.07, 6.45) is 9.21. The molecule has 4 aliphatic carbocycles. The number of nitrogens with one attached hydrogen (secondary N) is 2. The first-order valence-corrected chi connectivity index (χ1v) is 14.8. The molecule has 1 heterocycles. The average molecular weight is 556 g/mol. The van der Waals surface area contributed by atoms with Gasteiger partial charge in [0, 0.05) is 23.9 Å². The smallest absolute Gasteiger partial charge is 0.289 e. The van der Waals surface area contributed by atoms with E-state index in [9.17, 15) is 9.59 Å². The Labute approximate surface area is 242 Å². The Kier molecular flexibility index (Phi) is 6.74. The van der Waals surface area contributed by atoms with E-state index in [1.54, 1.807) is 13.2 Å². The zero-order chi connectivity index (χ0) is 29.0. The van der Waals surface area contributed by atoms with Gasteiger partial charge in [0.05, 0.1) is 12.7 Å². The van der Waals surface area contributed by atoms with Gasteiger partial charge in [-0.3, -0.25) is 9.59 Å². The molecule has 1 aromatic heterocycles. The second kappa shape index (κ2) is 10.0. The number of aryl methyl sites for hydroxylation is 1. The molecule has 2 aromatic carbocycles. The van der Waals surface area contributed by atoms with Gasteiger partial charge in [-0.25, -0.2) is 0 Å². The first kappa shape index (κ1) is 27.6. The van der Waals surface area contributed by atoms with E-state index in [0.29, 0.717) is 34.7 Å². The SMILES string of the molecule is COc1ccc(C(C)(C)C)cc1C(=O)Nc1ccc(C)c(-c2cc(C(=O)NCC34CC5CCCC(C5)(C3)C4)on2)c1. The fourth-order valence-corrected chi connectivity index (χ4v) is 7.96. The molecule has 3 aromatic rings. The van der Waals surface area contributed by atoms with E-state index >= 15 is 0 Å². The Hall–Kier alpha value is -3.61. The number of aromatic nitrogens is 1. The summed E-state index contributed by atoms with van der Waals surface area (Å²) in [5.74, 6) is 1.08. The number of carbonyl (C=O) groups excluding carboxylic acids is 2. The van der Waals surface area contributed by atoms with E-state index in [0.717, 1.165) is 22.6 Å². The number of hydrogen-bond acceptors (Lipinski definition) is 5. The van der Waals surface area contributed by atoms with Gasteiger partial charge in [0.1, 0.15) is 11.4 Å². The van der Waals surface area contributed by atoms with E-state index < -0.39 is 0 Å². The lowest BCUT2D eigenvalue weighted by Gasteiger charge is -2.65. The summed E-state index contributed by atoms with van der Waals surface area (Å²) in [7, 11) is 1.56. The maximum atomic E-state index is 13.3. The molecular weight excluding hydrogens is 514 g/mol. The summed E-state index contributed by atoms with van der Waals surface area (Å²) in [5, 5.41) is 10.4. The number of carbonyl (C=O) groups is 2. The molecule has 0 saturated heterocycles. The number of nitrogens with zero attached hydrogens (tertiary/aromatic N) is 1. The third-order valence-corrected chi connectivity index (χ3v) is 9.70. The van der Waals surface area contributed by atoms with Crippen LogP contribution in [0.1, 0.15) is 97.8 Å². The first-order valence-electron chi connectivity index (χ1n) is 14.8. The Morgan fingerprint density at radius 1 is 1.07 bits per heavy atom. The molecule has 0 aliphatic heterocycles. The van der Waals surface area contributed by atoms with Crippen LogP contribution < -0.4 is 15.4 Å². The number of methoxy groups -OCH3 is 1. The molecule has 216 valence electrons. The quantitative estimate of drug-likeness (QED) is 0.319. The molecule has 1 unspecified atom stereocenters. The van der Waals surface area contributed by atoms with Crippen LogP contribution in [-0.4, -0.2) is 30.6 Å². The first-order chi connectivity index (χ1) is 19.5. The molecule has 2 amide bonds. The fourth-order valence-electron chi connectivity index (χ4n) is 7.96. The van der Waals surface area contributed by atoms with E-state index in [4.69, 9.17) is 9.26 Å². The third-order valence-electron chi connectivity index (χ3n) is 9.70. The van der Waals surface area contributed by atoms with Crippen molar-refractivity contribution in [3.63, 3.8) is 0 Å². The van der Waals surface area contributed by atoms with Gasteiger partial charge < -0.3 is 19.9 Å². The standard InChI is InChI=1S/C34H41N3O4/c1-21-8-10-24(36-30(38)26-13-23(32(2,3)4)9-11-28(26)40-5)14-25(21)27-15-29(41-37-27)31(39)35-20-34-17-22-7-6-12-33(16-22,18-34)19-34/h8-11,13-15,22H,6-7,12,16-20H2,1-5H3,(H,35,39)(H,36,38). The number of rotatable bonds is 7. The van der Waals surface area contributed by atoms with Crippen LogP contribution in [0.15, 0.2) is 47.0 Å². The highest BCUT2D eigenvalue weighted by Crippen LogP contribution is 2.69. The molecule has 7 nitrogen and oxygen atoms in total.